The number of nitrogens with one attached hydrogen (secondary N) is 1. The Morgan fingerprint density at radius 1 is 1.53 bits per heavy atom. The van der Waals surface area contributed by atoms with Crippen molar-refractivity contribution in [1.29, 1.82) is 0 Å². The molecule has 0 spiro atoms. The fourth-order valence-corrected chi connectivity index (χ4v) is 3.44. The van der Waals surface area contributed by atoms with E-state index in [1.807, 2.05) is 0 Å². The number of carboxylic acids is 1. The normalized spacial score (nSPS) is 22.3. The Kier molecular flexibility index (Phi) is 5.11. The zero-order chi connectivity index (χ0) is 13.1. The summed E-state index contributed by atoms with van der Waals surface area (Å²) >= 11 is 3.04. The van der Waals surface area contributed by atoms with Crippen LogP contribution >= 0.6 is 15.9 Å². The highest BCUT2D eigenvalue weighted by molar-refractivity contribution is 9.11. The summed E-state index contributed by atoms with van der Waals surface area (Å²) in [6.45, 7) is 3.80. The minimum atomic E-state index is -3.76. The van der Waals surface area contributed by atoms with Crippen LogP contribution in [0.2, 0.25) is 0 Å². The van der Waals surface area contributed by atoms with Crippen molar-refractivity contribution in [1.82, 2.24) is 9.03 Å². The van der Waals surface area contributed by atoms with Crippen molar-refractivity contribution in [2.24, 2.45) is 0 Å². The summed E-state index contributed by atoms with van der Waals surface area (Å²) in [4.78, 5) is 11.0. The number of hydrogen-bond acceptors (Lipinski definition) is 3. The number of aliphatic carboxylic acids is 1. The van der Waals surface area contributed by atoms with Gasteiger partial charge in [-0.2, -0.15) is 17.4 Å². The fourth-order valence-electron chi connectivity index (χ4n) is 1.69. The van der Waals surface area contributed by atoms with E-state index in [0.29, 0.717) is 17.3 Å². The van der Waals surface area contributed by atoms with Gasteiger partial charge in [0.05, 0.1) is 0 Å². The molecule has 1 saturated heterocycles. The molecule has 1 aliphatic rings. The molecule has 0 aliphatic carbocycles. The van der Waals surface area contributed by atoms with E-state index in [0.717, 1.165) is 10.7 Å². The van der Waals surface area contributed by atoms with Gasteiger partial charge in [-0.1, -0.05) is 22.5 Å². The second kappa shape index (κ2) is 5.94. The Morgan fingerprint density at radius 3 is 2.71 bits per heavy atom. The SMILES string of the molecule is C=C(Br)CNS(=O)(=O)N1CCCCC1C(=O)O. The molecule has 2 N–H and O–H groups in total. The van der Waals surface area contributed by atoms with Gasteiger partial charge >= 0.3 is 5.97 Å². The van der Waals surface area contributed by atoms with E-state index in [2.05, 4.69) is 27.2 Å². The van der Waals surface area contributed by atoms with Gasteiger partial charge in [0.2, 0.25) is 0 Å². The lowest BCUT2D eigenvalue weighted by Crippen LogP contribution is -2.52. The highest BCUT2D eigenvalue weighted by Crippen LogP contribution is 2.20. The van der Waals surface area contributed by atoms with Crippen LogP contribution in [0.4, 0.5) is 0 Å². The summed E-state index contributed by atoms with van der Waals surface area (Å²) in [5.74, 6) is -1.10. The molecule has 1 heterocycles. The van der Waals surface area contributed by atoms with Crippen LogP contribution in [0.15, 0.2) is 11.1 Å². The van der Waals surface area contributed by atoms with Gasteiger partial charge in [-0.3, -0.25) is 4.79 Å². The molecule has 1 rings (SSSR count). The second-order valence-corrected chi connectivity index (χ2v) is 6.63. The maximum absolute atomic E-state index is 11.9. The van der Waals surface area contributed by atoms with Gasteiger partial charge in [0.25, 0.3) is 10.2 Å². The number of nitrogens with zero attached hydrogens (tertiary/aromatic N) is 1. The van der Waals surface area contributed by atoms with E-state index in [1.165, 1.54) is 0 Å². The molecule has 1 atom stereocenters. The summed E-state index contributed by atoms with van der Waals surface area (Å²) in [6, 6.07) is -0.968. The third-order valence-electron chi connectivity index (χ3n) is 2.49. The average Bonchev–Trinajstić information content (AvgIpc) is 2.26. The van der Waals surface area contributed by atoms with Gasteiger partial charge in [0, 0.05) is 17.6 Å². The monoisotopic (exact) mass is 326 g/mol. The standard InChI is InChI=1S/C9H15BrN2O4S/c1-7(10)6-11-17(15,16)12-5-3-2-4-8(12)9(13)14/h8,11H,1-6H2,(H,13,14). The smallest absolute Gasteiger partial charge is 0.322 e. The molecule has 0 saturated carbocycles. The number of piperidine rings is 1. The van der Waals surface area contributed by atoms with Crippen LogP contribution in [0.3, 0.4) is 0 Å². The average molecular weight is 327 g/mol. The van der Waals surface area contributed by atoms with Gasteiger partial charge < -0.3 is 5.11 Å². The minimum absolute atomic E-state index is 0.0468. The molecular formula is C9H15BrN2O4S. The lowest BCUT2D eigenvalue weighted by Gasteiger charge is -2.31. The number of rotatable bonds is 5. The molecule has 0 radical (unpaired) electrons. The molecule has 0 amide bonds. The topological polar surface area (TPSA) is 86.7 Å². The quantitative estimate of drug-likeness (QED) is 0.777. The predicted octanol–water partition coefficient (Wildman–Crippen LogP) is 0.669. The summed E-state index contributed by atoms with van der Waals surface area (Å²) in [6.07, 6.45) is 1.76. The lowest BCUT2D eigenvalue weighted by atomic mass is 10.1. The van der Waals surface area contributed by atoms with Gasteiger partial charge in [-0.15, -0.1) is 0 Å². The Labute approximate surface area is 109 Å². The number of halogens is 1. The van der Waals surface area contributed by atoms with Crippen LogP contribution in [0.1, 0.15) is 19.3 Å². The molecule has 0 bridgehead atoms. The van der Waals surface area contributed by atoms with Gasteiger partial charge in [0.1, 0.15) is 6.04 Å². The molecule has 0 aromatic rings. The second-order valence-electron chi connectivity index (χ2n) is 3.80. The molecule has 1 fully saturated rings. The molecular weight excluding hydrogens is 312 g/mol. The van der Waals surface area contributed by atoms with Crippen LogP contribution in [0.5, 0.6) is 0 Å². The minimum Gasteiger partial charge on any atom is -0.480 e. The number of hydrogen-bond donors (Lipinski definition) is 2. The van der Waals surface area contributed by atoms with Crippen molar-refractivity contribution in [3.05, 3.63) is 11.1 Å². The maximum atomic E-state index is 11.9. The highest BCUT2D eigenvalue weighted by Gasteiger charge is 2.36. The molecule has 1 aliphatic heterocycles. The van der Waals surface area contributed by atoms with Gasteiger partial charge in [-0.05, 0) is 19.3 Å². The van der Waals surface area contributed by atoms with E-state index >= 15 is 0 Å². The van der Waals surface area contributed by atoms with E-state index < -0.39 is 22.2 Å². The molecule has 0 aromatic heterocycles. The Balaban J connectivity index is 2.79. The Morgan fingerprint density at radius 2 is 2.18 bits per heavy atom. The molecule has 8 heteroatoms. The van der Waals surface area contributed by atoms with Crippen molar-refractivity contribution in [3.8, 4) is 0 Å². The highest BCUT2D eigenvalue weighted by atomic mass is 79.9. The summed E-state index contributed by atoms with van der Waals surface area (Å²) in [5, 5.41) is 8.99. The van der Waals surface area contributed by atoms with Crippen molar-refractivity contribution in [2.75, 3.05) is 13.1 Å². The van der Waals surface area contributed by atoms with Gasteiger partial charge in [-0.25, -0.2) is 0 Å². The largest absolute Gasteiger partial charge is 0.480 e. The van der Waals surface area contributed by atoms with Crippen molar-refractivity contribution in [2.45, 2.75) is 25.3 Å². The number of carboxylic acid groups (broad SMARTS) is 1. The molecule has 98 valence electrons. The zero-order valence-electron chi connectivity index (χ0n) is 9.23. The summed E-state index contributed by atoms with van der Waals surface area (Å²) in [5.41, 5.74) is 0. The Hall–Kier alpha value is -0.440. The predicted molar refractivity (Wildman–Crippen MR) is 67.0 cm³/mol. The van der Waals surface area contributed by atoms with Crippen LogP contribution in [-0.4, -0.2) is 42.9 Å². The van der Waals surface area contributed by atoms with Crippen LogP contribution in [0, 0.1) is 0 Å². The van der Waals surface area contributed by atoms with E-state index in [9.17, 15) is 13.2 Å². The maximum Gasteiger partial charge on any atom is 0.322 e. The van der Waals surface area contributed by atoms with Crippen molar-refractivity contribution < 1.29 is 18.3 Å². The van der Waals surface area contributed by atoms with E-state index in [4.69, 9.17) is 5.11 Å². The zero-order valence-corrected chi connectivity index (χ0v) is 11.6. The van der Waals surface area contributed by atoms with Crippen molar-refractivity contribution in [3.63, 3.8) is 0 Å². The Bertz CT molecular complexity index is 409. The first-order chi connectivity index (χ1) is 7.84. The van der Waals surface area contributed by atoms with Crippen molar-refractivity contribution >= 4 is 32.1 Å². The molecule has 0 aromatic carbocycles. The van der Waals surface area contributed by atoms with Gasteiger partial charge in [0.15, 0.2) is 0 Å². The third-order valence-corrected chi connectivity index (χ3v) is 4.34. The first kappa shape index (κ1) is 14.6. The van der Waals surface area contributed by atoms with Crippen LogP contribution < -0.4 is 4.72 Å². The summed E-state index contributed by atoms with van der Waals surface area (Å²) in [7, 11) is -3.76. The summed E-state index contributed by atoms with van der Waals surface area (Å²) < 4.78 is 27.6. The van der Waals surface area contributed by atoms with Crippen LogP contribution in [0.25, 0.3) is 0 Å². The fraction of sp³-hybridized carbons (Fsp3) is 0.667. The molecule has 1 unspecified atom stereocenters. The van der Waals surface area contributed by atoms with Crippen LogP contribution in [-0.2, 0) is 15.0 Å². The first-order valence-electron chi connectivity index (χ1n) is 5.17. The lowest BCUT2D eigenvalue weighted by molar-refractivity contribution is -0.142. The number of carbonyl (C=O) groups is 1. The third kappa shape index (κ3) is 4.06. The van der Waals surface area contributed by atoms with E-state index in [-0.39, 0.29) is 13.1 Å². The van der Waals surface area contributed by atoms with E-state index in [1.54, 1.807) is 0 Å². The first-order valence-corrected chi connectivity index (χ1v) is 7.40. The molecule has 6 nitrogen and oxygen atoms in total. The molecule has 17 heavy (non-hydrogen) atoms.